The number of halogens is 3. The van der Waals surface area contributed by atoms with E-state index in [1.54, 1.807) is 12.3 Å². The summed E-state index contributed by atoms with van der Waals surface area (Å²) in [6, 6.07) is 8.99. The summed E-state index contributed by atoms with van der Waals surface area (Å²) in [6.45, 7) is 2.04. The molecule has 19 heavy (non-hydrogen) atoms. The largest absolute Gasteiger partial charge is 0.506 e. The Kier molecular flexibility index (Phi) is 4.71. The Balaban J connectivity index is 2.35. The molecule has 0 aliphatic heterocycles. The zero-order chi connectivity index (χ0) is 14.0. The Bertz CT molecular complexity index is 656. The number of hydrogen-bond acceptors (Lipinski definition) is 2. The van der Waals surface area contributed by atoms with E-state index in [1.807, 2.05) is 25.1 Å². The smallest absolute Gasteiger partial charge is 0.143 e. The monoisotopic (exact) mass is 405 g/mol. The molecule has 2 aromatic carbocycles. The van der Waals surface area contributed by atoms with Gasteiger partial charge in [0.25, 0.3) is 0 Å². The van der Waals surface area contributed by atoms with Crippen LogP contribution in [0.1, 0.15) is 11.1 Å². The molecule has 1 N–H and O–H groups in total. The maximum atomic E-state index is 9.82. The van der Waals surface area contributed by atoms with Gasteiger partial charge >= 0.3 is 0 Å². The summed E-state index contributed by atoms with van der Waals surface area (Å²) < 4.78 is 1.14. The lowest BCUT2D eigenvalue weighted by Crippen LogP contribution is -1.84. The Morgan fingerprint density at radius 2 is 1.95 bits per heavy atom. The van der Waals surface area contributed by atoms with Crippen molar-refractivity contribution in [2.75, 3.05) is 0 Å². The first-order valence-electron chi connectivity index (χ1n) is 5.45. The quantitative estimate of drug-likeness (QED) is 0.529. The van der Waals surface area contributed by atoms with Crippen molar-refractivity contribution >= 4 is 57.7 Å². The van der Waals surface area contributed by atoms with Gasteiger partial charge in [0.15, 0.2) is 0 Å². The normalized spacial score (nSPS) is 11.2. The number of rotatable bonds is 2. The molecule has 98 valence electrons. The summed E-state index contributed by atoms with van der Waals surface area (Å²) in [5.41, 5.74) is 2.51. The van der Waals surface area contributed by atoms with Gasteiger partial charge in [-0.25, -0.2) is 0 Å². The van der Waals surface area contributed by atoms with Crippen LogP contribution in [0.5, 0.6) is 5.75 Å². The van der Waals surface area contributed by atoms with Gasteiger partial charge in [-0.1, -0.05) is 29.3 Å². The molecule has 0 radical (unpaired) electrons. The lowest BCUT2D eigenvalue weighted by atomic mass is 10.2. The van der Waals surface area contributed by atoms with Crippen LogP contribution in [-0.2, 0) is 0 Å². The number of hydrogen-bond donors (Lipinski definition) is 1. The fraction of sp³-hybridized carbons (Fsp3) is 0.0714. The van der Waals surface area contributed by atoms with Crippen molar-refractivity contribution in [1.82, 2.24) is 0 Å². The van der Waals surface area contributed by atoms with E-state index in [-0.39, 0.29) is 10.8 Å². The third-order valence-corrected chi connectivity index (χ3v) is 4.23. The second-order valence-electron chi connectivity index (χ2n) is 4.02. The highest BCUT2D eigenvalue weighted by atomic mass is 127. The summed E-state index contributed by atoms with van der Waals surface area (Å²) >= 11 is 14.0. The summed E-state index contributed by atoms with van der Waals surface area (Å²) in [6.07, 6.45) is 1.55. The van der Waals surface area contributed by atoms with E-state index in [9.17, 15) is 5.11 Å². The minimum atomic E-state index is -0.0170. The molecular formula is C14H10Cl2INO. The molecule has 0 amide bonds. The number of aromatic hydroxyl groups is 1. The summed E-state index contributed by atoms with van der Waals surface area (Å²) in [7, 11) is 0. The van der Waals surface area contributed by atoms with Crippen LogP contribution < -0.4 is 0 Å². The molecule has 0 saturated heterocycles. The average Bonchev–Trinajstić information content (AvgIpc) is 2.36. The van der Waals surface area contributed by atoms with Crippen molar-refractivity contribution < 1.29 is 5.11 Å². The van der Waals surface area contributed by atoms with Gasteiger partial charge in [-0.3, -0.25) is 4.99 Å². The number of aliphatic imine (C=N–C) groups is 1. The molecule has 2 aromatic rings. The SMILES string of the molecule is Cc1ccc(N=Cc2cc(Cl)cc(Cl)c2O)cc1I. The number of phenolic OH excluding ortho intramolecular Hbond substituents is 1. The Morgan fingerprint density at radius 1 is 1.21 bits per heavy atom. The fourth-order valence-corrected chi connectivity index (χ4v) is 2.50. The molecule has 0 saturated carbocycles. The second-order valence-corrected chi connectivity index (χ2v) is 6.02. The molecular weight excluding hydrogens is 396 g/mol. The predicted molar refractivity (Wildman–Crippen MR) is 89.3 cm³/mol. The standard InChI is InChI=1S/C14H10Cl2INO/c1-8-2-3-11(6-13(8)17)18-7-9-4-10(15)5-12(16)14(9)19/h2-7,19H,1H3. The minimum absolute atomic E-state index is 0.0170. The van der Waals surface area contributed by atoms with Gasteiger partial charge in [-0.2, -0.15) is 0 Å². The first kappa shape index (κ1) is 14.6. The van der Waals surface area contributed by atoms with Crippen LogP contribution in [0, 0.1) is 10.5 Å². The summed E-state index contributed by atoms with van der Waals surface area (Å²) in [5.74, 6) is -0.0170. The predicted octanol–water partition coefficient (Wildman–Crippen LogP) is 5.36. The lowest BCUT2D eigenvalue weighted by Gasteiger charge is -2.03. The van der Waals surface area contributed by atoms with E-state index in [1.165, 1.54) is 11.6 Å². The fourth-order valence-electron chi connectivity index (χ4n) is 1.49. The van der Waals surface area contributed by atoms with E-state index in [0.717, 1.165) is 9.26 Å². The molecule has 0 fully saturated rings. The van der Waals surface area contributed by atoms with Crippen molar-refractivity contribution in [1.29, 1.82) is 0 Å². The molecule has 0 bridgehead atoms. The van der Waals surface area contributed by atoms with E-state index in [2.05, 4.69) is 27.6 Å². The van der Waals surface area contributed by atoms with Crippen molar-refractivity contribution in [3.8, 4) is 5.75 Å². The van der Waals surface area contributed by atoms with Crippen LogP contribution in [0.4, 0.5) is 5.69 Å². The molecule has 0 aliphatic rings. The van der Waals surface area contributed by atoms with Crippen LogP contribution in [0.2, 0.25) is 10.0 Å². The van der Waals surface area contributed by atoms with E-state index in [0.29, 0.717) is 10.6 Å². The van der Waals surface area contributed by atoms with Gasteiger partial charge in [0.1, 0.15) is 5.75 Å². The molecule has 2 nitrogen and oxygen atoms in total. The first-order chi connectivity index (χ1) is 8.97. The van der Waals surface area contributed by atoms with E-state index < -0.39 is 0 Å². The zero-order valence-electron chi connectivity index (χ0n) is 9.99. The molecule has 5 heteroatoms. The molecule has 0 spiro atoms. The van der Waals surface area contributed by atoms with Gasteiger partial charge in [-0.15, -0.1) is 0 Å². The second kappa shape index (κ2) is 6.11. The van der Waals surface area contributed by atoms with E-state index >= 15 is 0 Å². The van der Waals surface area contributed by atoms with Crippen LogP contribution >= 0.6 is 45.8 Å². The third-order valence-electron chi connectivity index (χ3n) is 2.57. The molecule has 0 atom stereocenters. The van der Waals surface area contributed by atoms with Gasteiger partial charge in [0.2, 0.25) is 0 Å². The first-order valence-corrected chi connectivity index (χ1v) is 7.29. The molecule has 0 heterocycles. The number of aryl methyl sites for hydroxylation is 1. The third kappa shape index (κ3) is 3.61. The molecule has 0 aromatic heterocycles. The Morgan fingerprint density at radius 3 is 2.63 bits per heavy atom. The van der Waals surface area contributed by atoms with Crippen LogP contribution in [-0.4, -0.2) is 11.3 Å². The maximum Gasteiger partial charge on any atom is 0.143 e. The lowest BCUT2D eigenvalue weighted by molar-refractivity contribution is 0.475. The van der Waals surface area contributed by atoms with Crippen molar-refractivity contribution in [3.05, 3.63) is 55.1 Å². The number of nitrogens with zero attached hydrogens (tertiary/aromatic N) is 1. The van der Waals surface area contributed by atoms with Crippen LogP contribution in [0.3, 0.4) is 0 Å². The van der Waals surface area contributed by atoms with E-state index in [4.69, 9.17) is 23.2 Å². The Hall–Kier alpha value is -0.780. The van der Waals surface area contributed by atoms with Gasteiger partial charge in [0, 0.05) is 20.4 Å². The average molecular weight is 406 g/mol. The highest BCUT2D eigenvalue weighted by molar-refractivity contribution is 14.1. The Labute approximate surface area is 135 Å². The topological polar surface area (TPSA) is 32.6 Å². The molecule has 2 rings (SSSR count). The van der Waals surface area contributed by atoms with Gasteiger partial charge < -0.3 is 5.11 Å². The number of phenols is 1. The van der Waals surface area contributed by atoms with Gasteiger partial charge in [-0.05, 0) is 59.3 Å². The van der Waals surface area contributed by atoms with Crippen molar-refractivity contribution in [3.63, 3.8) is 0 Å². The van der Waals surface area contributed by atoms with Crippen molar-refractivity contribution in [2.24, 2.45) is 4.99 Å². The van der Waals surface area contributed by atoms with Crippen molar-refractivity contribution in [2.45, 2.75) is 6.92 Å². The number of benzene rings is 2. The highest BCUT2D eigenvalue weighted by Crippen LogP contribution is 2.30. The van der Waals surface area contributed by atoms with Crippen LogP contribution in [0.15, 0.2) is 35.3 Å². The summed E-state index contributed by atoms with van der Waals surface area (Å²) in [5, 5.41) is 10.5. The molecule has 0 unspecified atom stereocenters. The zero-order valence-corrected chi connectivity index (χ0v) is 13.7. The molecule has 0 aliphatic carbocycles. The van der Waals surface area contributed by atoms with Crippen LogP contribution in [0.25, 0.3) is 0 Å². The van der Waals surface area contributed by atoms with Gasteiger partial charge in [0.05, 0.1) is 10.7 Å². The highest BCUT2D eigenvalue weighted by Gasteiger charge is 2.05. The maximum absolute atomic E-state index is 9.82. The summed E-state index contributed by atoms with van der Waals surface area (Å²) in [4.78, 5) is 4.31. The minimum Gasteiger partial charge on any atom is -0.506 e.